The Morgan fingerprint density at radius 3 is 2.44 bits per heavy atom. The van der Waals surface area contributed by atoms with Gasteiger partial charge in [-0.05, 0) is 58.9 Å². The summed E-state index contributed by atoms with van der Waals surface area (Å²) in [7, 11) is 0. The van der Waals surface area contributed by atoms with Crippen LogP contribution in [-0.4, -0.2) is 52.1 Å². The number of unbranched alkanes of at least 4 members (excludes halogenated alkanes) is 2. The second kappa shape index (κ2) is 11.6. The Hall–Kier alpha value is -2.77. The van der Waals surface area contributed by atoms with E-state index in [1.165, 1.54) is 4.90 Å². The van der Waals surface area contributed by atoms with E-state index in [4.69, 9.17) is 4.74 Å². The Bertz CT molecular complexity index is 880. The molecule has 4 atom stereocenters. The van der Waals surface area contributed by atoms with Crippen LogP contribution in [0.1, 0.15) is 84.4 Å². The van der Waals surface area contributed by atoms with Crippen LogP contribution in [0.4, 0.5) is 4.79 Å². The SMILES string of the molecule is CCCCCNC(=O)C(c1cccc(C)c1O)N(C(=O)C(C)NC(=O)OC(C)(C)C)C1CC1C. The molecule has 1 aliphatic rings. The van der Waals surface area contributed by atoms with Gasteiger partial charge in [0, 0.05) is 18.2 Å². The predicted octanol–water partition coefficient (Wildman–Crippen LogP) is 4.20. The number of para-hydroxylation sites is 1. The second-order valence-corrected chi connectivity index (χ2v) is 10.3. The first-order chi connectivity index (χ1) is 15.9. The molecule has 0 saturated heterocycles. The number of rotatable bonds is 10. The van der Waals surface area contributed by atoms with Gasteiger partial charge in [-0.2, -0.15) is 0 Å². The van der Waals surface area contributed by atoms with E-state index in [0.29, 0.717) is 17.7 Å². The number of alkyl carbamates (subject to hydrolysis) is 1. The Morgan fingerprint density at radius 1 is 1.24 bits per heavy atom. The van der Waals surface area contributed by atoms with Crippen LogP contribution < -0.4 is 10.6 Å². The van der Waals surface area contributed by atoms with Crippen LogP contribution in [0.5, 0.6) is 5.75 Å². The van der Waals surface area contributed by atoms with Gasteiger partial charge in [0.05, 0.1) is 0 Å². The average molecular weight is 476 g/mol. The molecule has 1 aliphatic carbocycles. The minimum atomic E-state index is -1.01. The number of ether oxygens (including phenoxy) is 1. The molecule has 0 spiro atoms. The number of benzene rings is 1. The summed E-state index contributed by atoms with van der Waals surface area (Å²) in [6.45, 7) is 13.2. The first-order valence-corrected chi connectivity index (χ1v) is 12.2. The molecule has 0 heterocycles. The van der Waals surface area contributed by atoms with Gasteiger partial charge in [0.15, 0.2) is 0 Å². The number of hydrogen-bond donors (Lipinski definition) is 3. The van der Waals surface area contributed by atoms with Crippen LogP contribution >= 0.6 is 0 Å². The highest BCUT2D eigenvalue weighted by molar-refractivity contribution is 5.92. The Balaban J connectivity index is 2.37. The standard InChI is InChI=1S/C26H41N3O5/c1-8-9-10-14-27-23(31)21(19-13-11-12-16(2)22(19)30)29(20-15-17(20)3)24(32)18(4)28-25(33)34-26(5,6)7/h11-13,17-18,20-21,30H,8-10,14-15H2,1-7H3,(H,27,31)(H,28,33). The Labute approximate surface area is 203 Å². The van der Waals surface area contributed by atoms with Gasteiger partial charge in [-0.15, -0.1) is 0 Å². The Morgan fingerprint density at radius 2 is 1.88 bits per heavy atom. The van der Waals surface area contributed by atoms with Crippen molar-refractivity contribution in [1.29, 1.82) is 0 Å². The number of hydrogen-bond acceptors (Lipinski definition) is 5. The van der Waals surface area contributed by atoms with Crippen molar-refractivity contribution in [2.24, 2.45) is 5.92 Å². The van der Waals surface area contributed by atoms with E-state index in [1.54, 1.807) is 52.8 Å². The molecule has 1 saturated carbocycles. The van der Waals surface area contributed by atoms with Crippen LogP contribution in [0.3, 0.4) is 0 Å². The molecule has 0 aliphatic heterocycles. The van der Waals surface area contributed by atoms with Crippen LogP contribution in [-0.2, 0) is 14.3 Å². The lowest BCUT2D eigenvalue weighted by Crippen LogP contribution is -2.53. The molecule has 2 rings (SSSR count). The van der Waals surface area contributed by atoms with Gasteiger partial charge in [-0.1, -0.05) is 44.9 Å². The van der Waals surface area contributed by atoms with Crippen molar-refractivity contribution in [2.45, 2.75) is 97.9 Å². The van der Waals surface area contributed by atoms with Crippen LogP contribution in [0, 0.1) is 12.8 Å². The molecule has 3 amide bonds. The Kier molecular flexibility index (Phi) is 9.36. The number of carbonyl (C=O) groups is 3. The van der Waals surface area contributed by atoms with Crippen LogP contribution in [0.2, 0.25) is 0 Å². The summed E-state index contributed by atoms with van der Waals surface area (Å²) >= 11 is 0. The molecular weight excluding hydrogens is 434 g/mol. The third-order valence-electron chi connectivity index (χ3n) is 5.95. The zero-order valence-corrected chi connectivity index (χ0v) is 21.6. The third-order valence-corrected chi connectivity index (χ3v) is 5.95. The molecule has 0 aromatic heterocycles. The third kappa shape index (κ3) is 7.37. The fraction of sp³-hybridized carbons (Fsp3) is 0.654. The van der Waals surface area contributed by atoms with Crippen molar-refractivity contribution >= 4 is 17.9 Å². The maximum absolute atomic E-state index is 13.7. The van der Waals surface area contributed by atoms with E-state index in [-0.39, 0.29) is 23.6 Å². The number of aromatic hydroxyl groups is 1. The molecule has 4 unspecified atom stereocenters. The predicted molar refractivity (Wildman–Crippen MR) is 131 cm³/mol. The molecule has 190 valence electrons. The molecular formula is C26H41N3O5. The molecule has 1 aromatic carbocycles. The molecule has 8 nitrogen and oxygen atoms in total. The number of phenols is 1. The van der Waals surface area contributed by atoms with E-state index in [2.05, 4.69) is 17.6 Å². The minimum absolute atomic E-state index is 0.00457. The van der Waals surface area contributed by atoms with Crippen molar-refractivity contribution < 1.29 is 24.2 Å². The number of nitrogens with one attached hydrogen (secondary N) is 2. The number of amides is 3. The molecule has 0 bridgehead atoms. The van der Waals surface area contributed by atoms with Crippen molar-refractivity contribution in [3.05, 3.63) is 29.3 Å². The molecule has 0 radical (unpaired) electrons. The maximum Gasteiger partial charge on any atom is 0.408 e. The average Bonchev–Trinajstić information content (AvgIpc) is 3.45. The number of nitrogens with zero attached hydrogens (tertiary/aromatic N) is 1. The summed E-state index contributed by atoms with van der Waals surface area (Å²) < 4.78 is 5.30. The highest BCUT2D eigenvalue weighted by Gasteiger charge is 2.48. The summed E-state index contributed by atoms with van der Waals surface area (Å²) in [5.41, 5.74) is 0.300. The molecule has 1 fully saturated rings. The molecule has 3 N–H and O–H groups in total. The van der Waals surface area contributed by atoms with Crippen molar-refractivity contribution in [3.63, 3.8) is 0 Å². The molecule has 8 heteroatoms. The van der Waals surface area contributed by atoms with E-state index < -0.39 is 29.7 Å². The van der Waals surface area contributed by atoms with Gasteiger partial charge in [-0.25, -0.2) is 4.79 Å². The van der Waals surface area contributed by atoms with Crippen molar-refractivity contribution in [1.82, 2.24) is 15.5 Å². The number of carbonyl (C=O) groups excluding carboxylic acids is 3. The zero-order valence-electron chi connectivity index (χ0n) is 21.6. The highest BCUT2D eigenvalue weighted by atomic mass is 16.6. The smallest absolute Gasteiger partial charge is 0.408 e. The van der Waals surface area contributed by atoms with Gasteiger partial charge >= 0.3 is 6.09 Å². The fourth-order valence-electron chi connectivity index (χ4n) is 3.94. The fourth-order valence-corrected chi connectivity index (χ4v) is 3.94. The van der Waals surface area contributed by atoms with Crippen LogP contribution in [0.15, 0.2) is 18.2 Å². The van der Waals surface area contributed by atoms with Crippen molar-refractivity contribution in [2.75, 3.05) is 6.54 Å². The van der Waals surface area contributed by atoms with Crippen LogP contribution in [0.25, 0.3) is 0 Å². The summed E-state index contributed by atoms with van der Waals surface area (Å²) in [6.07, 6.45) is 2.89. The van der Waals surface area contributed by atoms with E-state index in [1.807, 2.05) is 6.92 Å². The summed E-state index contributed by atoms with van der Waals surface area (Å²) in [4.78, 5) is 41.0. The first-order valence-electron chi connectivity index (χ1n) is 12.2. The first kappa shape index (κ1) is 27.5. The highest BCUT2D eigenvalue weighted by Crippen LogP contribution is 2.42. The monoisotopic (exact) mass is 475 g/mol. The van der Waals surface area contributed by atoms with Gasteiger partial charge in [0.1, 0.15) is 23.4 Å². The largest absolute Gasteiger partial charge is 0.507 e. The van der Waals surface area contributed by atoms with E-state index in [0.717, 1.165) is 25.7 Å². The summed E-state index contributed by atoms with van der Waals surface area (Å²) in [6, 6.07) is 3.12. The summed E-state index contributed by atoms with van der Waals surface area (Å²) in [5, 5.41) is 16.4. The van der Waals surface area contributed by atoms with E-state index >= 15 is 0 Å². The lowest BCUT2D eigenvalue weighted by molar-refractivity contribution is -0.143. The minimum Gasteiger partial charge on any atom is -0.507 e. The topological polar surface area (TPSA) is 108 Å². The lowest BCUT2D eigenvalue weighted by atomic mass is 9.99. The molecule has 1 aromatic rings. The van der Waals surface area contributed by atoms with Gasteiger partial charge < -0.3 is 25.4 Å². The lowest BCUT2D eigenvalue weighted by Gasteiger charge is -2.34. The summed E-state index contributed by atoms with van der Waals surface area (Å²) in [5.74, 6) is -0.529. The number of phenolic OH excluding ortho intramolecular Hbond substituents is 1. The molecule has 34 heavy (non-hydrogen) atoms. The van der Waals surface area contributed by atoms with E-state index in [9.17, 15) is 19.5 Å². The second-order valence-electron chi connectivity index (χ2n) is 10.3. The van der Waals surface area contributed by atoms with Gasteiger partial charge in [-0.3, -0.25) is 9.59 Å². The number of aryl methyl sites for hydroxylation is 1. The quantitative estimate of drug-likeness (QED) is 0.440. The normalized spacial score (nSPS) is 19.0. The van der Waals surface area contributed by atoms with Gasteiger partial charge in [0.2, 0.25) is 11.8 Å². The zero-order chi connectivity index (χ0) is 25.6. The van der Waals surface area contributed by atoms with Crippen molar-refractivity contribution in [3.8, 4) is 5.75 Å². The van der Waals surface area contributed by atoms with Gasteiger partial charge in [0.25, 0.3) is 0 Å². The maximum atomic E-state index is 13.7.